The van der Waals surface area contributed by atoms with Crippen LogP contribution in [-0.2, 0) is 16.4 Å². The number of hydrogen-bond acceptors (Lipinski definition) is 3. The molecule has 0 radical (unpaired) electrons. The van der Waals surface area contributed by atoms with Gasteiger partial charge in [-0.15, -0.1) is 0 Å². The quantitative estimate of drug-likeness (QED) is 0.668. The highest BCUT2D eigenvalue weighted by Gasteiger charge is 2.14. The lowest BCUT2D eigenvalue weighted by Gasteiger charge is -2.11. The molecule has 4 nitrogen and oxygen atoms in total. The topological polar surface area (TPSA) is 56.1 Å². The van der Waals surface area contributed by atoms with Gasteiger partial charge in [-0.25, -0.2) is 12.8 Å². The summed E-state index contributed by atoms with van der Waals surface area (Å²) in [6, 6.07) is 13.6. The van der Waals surface area contributed by atoms with E-state index in [1.54, 1.807) is 18.3 Å². The molecule has 3 aromatic rings. The summed E-state index contributed by atoms with van der Waals surface area (Å²) >= 11 is 0. The van der Waals surface area contributed by atoms with Crippen LogP contribution in [0.25, 0.3) is 10.9 Å². The molecule has 0 unspecified atom stereocenters. The number of fused-ring (bicyclic) bond motifs is 1. The largest absolute Gasteiger partial charge is 0.347 e. The molecule has 0 atom stereocenters. The summed E-state index contributed by atoms with van der Waals surface area (Å²) in [6.45, 7) is 0.473. The number of aryl methyl sites for hydroxylation is 1. The van der Waals surface area contributed by atoms with Crippen LogP contribution in [0.1, 0.15) is 6.42 Å². The normalized spacial score (nSPS) is 11.7. The molecule has 0 saturated carbocycles. The Balaban J connectivity index is 1.76. The molecular weight excluding hydrogens is 329 g/mol. The number of benzene rings is 2. The van der Waals surface area contributed by atoms with E-state index in [1.165, 1.54) is 18.2 Å². The van der Waals surface area contributed by atoms with Gasteiger partial charge in [-0.2, -0.15) is 0 Å². The van der Waals surface area contributed by atoms with Crippen molar-refractivity contribution in [3.63, 3.8) is 0 Å². The molecular formula is C18H16FNO3S. The number of pyridine rings is 1. The highest BCUT2D eigenvalue weighted by Crippen LogP contribution is 2.14. The van der Waals surface area contributed by atoms with Gasteiger partial charge in [0.25, 0.3) is 0 Å². The fourth-order valence-electron chi connectivity index (χ4n) is 2.64. The Morgan fingerprint density at radius 1 is 0.958 bits per heavy atom. The van der Waals surface area contributed by atoms with E-state index in [9.17, 15) is 17.6 Å². The Hall–Kier alpha value is -2.47. The van der Waals surface area contributed by atoms with Crippen molar-refractivity contribution in [2.45, 2.75) is 17.9 Å². The summed E-state index contributed by atoms with van der Waals surface area (Å²) in [5, 5.41) is 0.612. The number of aromatic nitrogens is 1. The second-order valence-electron chi connectivity index (χ2n) is 5.52. The summed E-state index contributed by atoms with van der Waals surface area (Å²) in [5.74, 6) is -0.507. The first-order valence-electron chi connectivity index (χ1n) is 7.54. The van der Waals surface area contributed by atoms with Gasteiger partial charge in [0.1, 0.15) is 5.82 Å². The van der Waals surface area contributed by atoms with E-state index in [4.69, 9.17) is 0 Å². The molecule has 2 aromatic carbocycles. The highest BCUT2D eigenvalue weighted by molar-refractivity contribution is 7.91. The van der Waals surface area contributed by atoms with E-state index in [0.717, 1.165) is 17.6 Å². The molecule has 1 heterocycles. The lowest BCUT2D eigenvalue weighted by molar-refractivity contribution is 0.586. The summed E-state index contributed by atoms with van der Waals surface area (Å²) in [5.41, 5.74) is 0.727. The van der Waals surface area contributed by atoms with Crippen molar-refractivity contribution in [3.05, 3.63) is 76.8 Å². The average molecular weight is 345 g/mol. The van der Waals surface area contributed by atoms with Gasteiger partial charge in [0.05, 0.1) is 16.2 Å². The third kappa shape index (κ3) is 3.38. The lowest BCUT2D eigenvalue weighted by Crippen LogP contribution is -2.12. The predicted molar refractivity (Wildman–Crippen MR) is 91.3 cm³/mol. The van der Waals surface area contributed by atoms with Crippen molar-refractivity contribution in [3.8, 4) is 0 Å². The van der Waals surface area contributed by atoms with E-state index in [1.807, 2.05) is 16.7 Å². The van der Waals surface area contributed by atoms with Crippen LogP contribution < -0.4 is 5.43 Å². The van der Waals surface area contributed by atoms with E-state index >= 15 is 0 Å². The van der Waals surface area contributed by atoms with Crippen LogP contribution >= 0.6 is 0 Å². The van der Waals surface area contributed by atoms with Gasteiger partial charge in [-0.1, -0.05) is 12.1 Å². The van der Waals surface area contributed by atoms with Gasteiger partial charge < -0.3 is 4.57 Å². The van der Waals surface area contributed by atoms with E-state index < -0.39 is 15.7 Å². The number of halogens is 1. The zero-order chi connectivity index (χ0) is 17.2. The number of sulfone groups is 1. The smallest absolute Gasteiger partial charge is 0.189 e. The van der Waals surface area contributed by atoms with Crippen molar-refractivity contribution in [1.29, 1.82) is 0 Å². The maximum atomic E-state index is 12.9. The third-order valence-electron chi connectivity index (χ3n) is 3.87. The van der Waals surface area contributed by atoms with Crippen LogP contribution in [0, 0.1) is 5.82 Å². The summed E-state index contributed by atoms with van der Waals surface area (Å²) in [6.07, 6.45) is 2.07. The summed E-state index contributed by atoms with van der Waals surface area (Å²) < 4.78 is 39.3. The van der Waals surface area contributed by atoms with E-state index in [2.05, 4.69) is 0 Å². The molecule has 24 heavy (non-hydrogen) atoms. The molecule has 0 amide bonds. The van der Waals surface area contributed by atoms with Crippen molar-refractivity contribution in [1.82, 2.24) is 4.57 Å². The molecule has 0 fully saturated rings. The van der Waals surface area contributed by atoms with Gasteiger partial charge in [-0.05, 0) is 42.8 Å². The van der Waals surface area contributed by atoms with Gasteiger partial charge in [-0.3, -0.25) is 4.79 Å². The van der Waals surface area contributed by atoms with Crippen LogP contribution in [-0.4, -0.2) is 18.7 Å². The molecule has 0 saturated heterocycles. The zero-order valence-electron chi connectivity index (χ0n) is 12.9. The standard InChI is InChI=1S/C18H16FNO3S/c19-14-6-8-15(9-7-14)24(22,23)13-3-11-20-12-10-18(21)16-4-1-2-5-17(16)20/h1-2,4-10,12H,3,11,13H2. The molecule has 0 aliphatic rings. The Morgan fingerprint density at radius 3 is 2.42 bits per heavy atom. The first-order valence-corrected chi connectivity index (χ1v) is 9.19. The van der Waals surface area contributed by atoms with Crippen molar-refractivity contribution < 1.29 is 12.8 Å². The number of nitrogens with zero attached hydrogens (tertiary/aromatic N) is 1. The number of rotatable bonds is 5. The molecule has 124 valence electrons. The van der Waals surface area contributed by atoms with Crippen molar-refractivity contribution in [2.75, 3.05) is 5.75 Å². The first kappa shape index (κ1) is 16.4. The minimum Gasteiger partial charge on any atom is -0.347 e. The molecule has 0 bridgehead atoms. The Bertz CT molecular complexity index is 1020. The lowest BCUT2D eigenvalue weighted by atomic mass is 10.2. The van der Waals surface area contributed by atoms with Gasteiger partial charge in [0, 0.05) is 24.2 Å². The minimum atomic E-state index is -3.45. The van der Waals surface area contributed by atoms with Crippen molar-refractivity contribution >= 4 is 20.7 Å². The Morgan fingerprint density at radius 2 is 1.67 bits per heavy atom. The molecule has 0 aliphatic heterocycles. The molecule has 0 spiro atoms. The van der Waals surface area contributed by atoms with Crippen LogP contribution in [0.3, 0.4) is 0 Å². The number of hydrogen-bond donors (Lipinski definition) is 0. The van der Waals surface area contributed by atoms with Crippen molar-refractivity contribution in [2.24, 2.45) is 0 Å². The Kier molecular flexibility index (Phi) is 4.49. The first-order chi connectivity index (χ1) is 11.5. The molecule has 0 aliphatic carbocycles. The van der Waals surface area contributed by atoms with E-state index in [-0.39, 0.29) is 16.1 Å². The average Bonchev–Trinajstić information content (AvgIpc) is 2.57. The summed E-state index contributed by atoms with van der Waals surface area (Å²) in [4.78, 5) is 12.0. The minimum absolute atomic E-state index is 0.0426. The van der Waals surface area contributed by atoms with Crippen LogP contribution in [0.5, 0.6) is 0 Å². The molecule has 0 N–H and O–H groups in total. The van der Waals surface area contributed by atoms with Gasteiger partial charge in [0.2, 0.25) is 0 Å². The van der Waals surface area contributed by atoms with Gasteiger partial charge >= 0.3 is 0 Å². The fourth-order valence-corrected chi connectivity index (χ4v) is 3.94. The molecule has 3 rings (SSSR count). The maximum absolute atomic E-state index is 12.9. The summed E-state index contributed by atoms with van der Waals surface area (Å²) in [7, 11) is -3.45. The SMILES string of the molecule is O=c1ccn(CCCS(=O)(=O)c2ccc(F)cc2)c2ccccc12. The van der Waals surface area contributed by atoms with Crippen LogP contribution in [0.4, 0.5) is 4.39 Å². The molecule has 1 aromatic heterocycles. The fraction of sp³-hybridized carbons (Fsp3) is 0.167. The maximum Gasteiger partial charge on any atom is 0.189 e. The predicted octanol–water partition coefficient (Wildman–Crippen LogP) is 3.00. The second kappa shape index (κ2) is 6.57. The van der Waals surface area contributed by atoms with E-state index in [0.29, 0.717) is 18.4 Å². The third-order valence-corrected chi connectivity index (χ3v) is 5.69. The zero-order valence-corrected chi connectivity index (χ0v) is 13.7. The monoisotopic (exact) mass is 345 g/mol. The van der Waals surface area contributed by atoms with Crippen LogP contribution in [0.2, 0.25) is 0 Å². The van der Waals surface area contributed by atoms with Crippen LogP contribution in [0.15, 0.2) is 70.5 Å². The highest BCUT2D eigenvalue weighted by atomic mass is 32.2. The second-order valence-corrected chi connectivity index (χ2v) is 7.63. The van der Waals surface area contributed by atoms with Gasteiger partial charge in [0.15, 0.2) is 15.3 Å². The number of para-hydroxylation sites is 1. The Labute approximate surface area is 139 Å². The molecule has 6 heteroatoms.